The largest absolute Gasteiger partial charge is 0.460 e. The molecule has 17 heteroatoms. The third-order valence-corrected chi connectivity index (χ3v) is 15.4. The van der Waals surface area contributed by atoms with E-state index < -0.39 is 32.7 Å². The molecule has 1 saturated carbocycles. The molecule has 356 valence electrons. The summed E-state index contributed by atoms with van der Waals surface area (Å²) in [5.74, 6) is -1.39. The number of carbonyl (C=O) groups excluding carboxylic acids is 1. The second kappa shape index (κ2) is 22.0. The number of thioether (sulfide) groups is 1. The minimum absolute atomic E-state index is 0.00668. The molecule has 0 bridgehead atoms. The maximum atomic E-state index is 14.9. The quantitative estimate of drug-likeness (QED) is 0.0222. The highest BCUT2D eigenvalue weighted by molar-refractivity contribution is 7.98. The lowest BCUT2D eigenvalue weighted by Gasteiger charge is -2.59. The Morgan fingerprint density at radius 2 is 1.69 bits per heavy atom. The van der Waals surface area contributed by atoms with Crippen LogP contribution in [0.1, 0.15) is 68.9 Å². The van der Waals surface area contributed by atoms with Crippen molar-refractivity contribution in [1.29, 1.82) is 0 Å². The maximum Gasteiger partial charge on any atom is 0.269 e. The van der Waals surface area contributed by atoms with Gasteiger partial charge < -0.3 is 34.6 Å². The van der Waals surface area contributed by atoms with Gasteiger partial charge in [0.2, 0.25) is 21.7 Å². The summed E-state index contributed by atoms with van der Waals surface area (Å²) in [6, 6.07) is 24.4. The number of sulfonamides is 1. The van der Waals surface area contributed by atoms with E-state index in [4.69, 9.17) is 24.2 Å². The Hall–Kier alpha value is -5.56. The Balaban J connectivity index is 1.42. The molecule has 6 unspecified atom stereocenters. The molecule has 67 heavy (non-hydrogen) atoms. The van der Waals surface area contributed by atoms with Gasteiger partial charge in [-0.1, -0.05) is 30.1 Å². The number of nitrogens with zero attached hydrogens (tertiary/aromatic N) is 3. The monoisotopic (exact) mass is 954 g/mol. The number of oxime groups is 1. The molecule has 7 rings (SSSR count). The number of ether oxygens (including phenoxy) is 3. The molecule has 3 aliphatic rings. The van der Waals surface area contributed by atoms with Crippen LogP contribution >= 0.6 is 11.8 Å². The third kappa shape index (κ3) is 10.9. The van der Waals surface area contributed by atoms with Crippen molar-refractivity contribution in [3.8, 4) is 17.2 Å². The Bertz CT molecular complexity index is 2550. The molecule has 1 fully saturated rings. The number of anilines is 1. The molecular weight excluding hydrogens is 897 g/mol. The number of rotatable bonds is 22. The van der Waals surface area contributed by atoms with E-state index in [9.17, 15) is 33.5 Å². The minimum Gasteiger partial charge on any atom is -0.460 e. The average molecular weight is 955 g/mol. The van der Waals surface area contributed by atoms with Gasteiger partial charge in [-0.2, -0.15) is 4.31 Å². The zero-order valence-electron chi connectivity index (χ0n) is 37.9. The van der Waals surface area contributed by atoms with Crippen LogP contribution in [0.5, 0.6) is 17.2 Å². The number of nitro groups is 1. The van der Waals surface area contributed by atoms with Crippen LogP contribution in [-0.4, -0.2) is 84.4 Å². The number of non-ortho nitro benzene ring substituents is 1. The number of aliphatic hydroxyl groups is 2. The van der Waals surface area contributed by atoms with Gasteiger partial charge in [-0.3, -0.25) is 14.9 Å². The highest BCUT2D eigenvalue weighted by Crippen LogP contribution is 2.62. The number of aliphatic hydroxyl groups excluding tert-OH is 2. The van der Waals surface area contributed by atoms with Crippen LogP contribution in [0.3, 0.4) is 0 Å². The number of carbonyl (C=O) groups is 1. The summed E-state index contributed by atoms with van der Waals surface area (Å²) < 4.78 is 51.8. The van der Waals surface area contributed by atoms with Crippen LogP contribution in [0.2, 0.25) is 0 Å². The first-order valence-electron chi connectivity index (χ1n) is 22.4. The molecule has 0 saturated heterocycles. The zero-order chi connectivity index (χ0) is 47.7. The lowest BCUT2D eigenvalue weighted by molar-refractivity contribution is -0.384. The molecule has 4 aromatic rings. The maximum absolute atomic E-state index is 14.9. The fourth-order valence-electron chi connectivity index (χ4n) is 9.69. The van der Waals surface area contributed by atoms with Crippen LogP contribution in [-0.2, 0) is 31.0 Å². The van der Waals surface area contributed by atoms with Crippen molar-refractivity contribution < 1.29 is 47.4 Å². The van der Waals surface area contributed by atoms with Crippen LogP contribution in [0.15, 0.2) is 130 Å². The van der Waals surface area contributed by atoms with Gasteiger partial charge in [0, 0.05) is 67.8 Å². The lowest BCUT2D eigenvalue weighted by Crippen LogP contribution is -2.69. The smallest absolute Gasteiger partial charge is 0.269 e. The highest BCUT2D eigenvalue weighted by atomic mass is 32.2. The van der Waals surface area contributed by atoms with Crippen molar-refractivity contribution in [3.63, 3.8) is 0 Å². The number of nitro benzene ring substituents is 1. The van der Waals surface area contributed by atoms with E-state index >= 15 is 0 Å². The van der Waals surface area contributed by atoms with E-state index in [2.05, 4.69) is 18.0 Å². The van der Waals surface area contributed by atoms with Crippen LogP contribution in [0.25, 0.3) is 0 Å². The van der Waals surface area contributed by atoms with Crippen molar-refractivity contribution in [3.05, 3.63) is 137 Å². The van der Waals surface area contributed by atoms with E-state index in [0.29, 0.717) is 59.9 Å². The average Bonchev–Trinajstić information content (AvgIpc) is 3.32. The van der Waals surface area contributed by atoms with Gasteiger partial charge in [0.05, 0.1) is 34.1 Å². The first kappa shape index (κ1) is 49.3. The normalized spacial score (nSPS) is 22.5. The molecule has 1 heterocycles. The topological polar surface area (TPSA) is 199 Å². The molecule has 3 N–H and O–H groups in total. The molecule has 0 radical (unpaired) electrons. The molecule has 0 aromatic heterocycles. The molecule has 1 aliphatic heterocycles. The van der Waals surface area contributed by atoms with Gasteiger partial charge in [-0.15, -0.1) is 18.3 Å². The third-order valence-electron chi connectivity index (χ3n) is 12.8. The predicted octanol–water partition coefficient (Wildman–Crippen LogP) is 9.22. The van der Waals surface area contributed by atoms with E-state index in [0.717, 1.165) is 28.9 Å². The van der Waals surface area contributed by atoms with Gasteiger partial charge >= 0.3 is 0 Å². The van der Waals surface area contributed by atoms with Crippen molar-refractivity contribution in [2.24, 2.45) is 22.9 Å². The van der Waals surface area contributed by atoms with Gasteiger partial charge in [0.1, 0.15) is 23.9 Å². The minimum atomic E-state index is -4.31. The Morgan fingerprint density at radius 3 is 2.33 bits per heavy atom. The summed E-state index contributed by atoms with van der Waals surface area (Å²) in [7, 11) is -2.81. The lowest BCUT2D eigenvalue weighted by atomic mass is 9.55. The number of amides is 1. The molecule has 6 atom stereocenters. The highest BCUT2D eigenvalue weighted by Gasteiger charge is 2.65. The summed E-state index contributed by atoms with van der Waals surface area (Å²) in [6.45, 7) is 5.39. The number of likely N-dealkylation sites (N-methyl/N-ethyl adjacent to an activating group) is 1. The standard InChI is InChI=1S/C50H58N4O11S2/c1-5-28-62-50-47(53(3)67(60,61)41-23-14-36(15-24-41)51-33(2)57)31-45(52-63-32-34-12-16-37(17-13-34)54(58)59)43-29-35(10-6-8-26-55)42(11-7-9-27-56)48(49(43)50)44-30-39(20-25-46(44)65-50)64-38-18-21-40(66-4)22-19-38/h5,12-25,29-30,35,42,47-49,55-56H,1,6-11,26-28,31-32H2,2-4H3,(H,51,57). The summed E-state index contributed by atoms with van der Waals surface area (Å²) in [5.41, 5.74) is 3.12. The number of hydrogen-bond acceptors (Lipinski definition) is 13. The molecular formula is C50H58N4O11S2. The summed E-state index contributed by atoms with van der Waals surface area (Å²) in [6.07, 6.45) is 9.88. The number of hydrogen-bond donors (Lipinski definition) is 3. The molecule has 1 amide bonds. The van der Waals surface area contributed by atoms with Crippen molar-refractivity contribution in [2.45, 2.75) is 86.0 Å². The second-order valence-corrected chi connectivity index (χ2v) is 19.9. The first-order valence-corrected chi connectivity index (χ1v) is 25.1. The number of fused-ring (bicyclic) bond motifs is 2. The number of unbranched alkanes of at least 4 members (excludes halogenated alkanes) is 2. The molecule has 4 aromatic carbocycles. The number of nitrogens with one attached hydrogen (secondary N) is 1. The van der Waals surface area contributed by atoms with Gasteiger partial charge in [-0.25, -0.2) is 8.42 Å². The SMILES string of the molecule is C=CCOC12Oc3ccc(Oc4ccc(SC)cc4)cc3C3C(CCCCO)C(CCCCO)C=C(C(=NOCc4ccc([N+](=O)[O-])cc4)CC1N(C)S(=O)(=O)c1ccc(NC(C)=O)cc1)C32. The Kier molecular flexibility index (Phi) is 16.2. The van der Waals surface area contributed by atoms with Crippen molar-refractivity contribution in [1.82, 2.24) is 4.31 Å². The fraction of sp³-hybridized carbons (Fsp3) is 0.400. The summed E-state index contributed by atoms with van der Waals surface area (Å²) >= 11 is 1.63. The number of allylic oxidation sites excluding steroid dienone is 1. The van der Waals surface area contributed by atoms with Crippen LogP contribution in [0, 0.1) is 27.9 Å². The van der Waals surface area contributed by atoms with Gasteiger partial charge in [-0.05, 0) is 134 Å². The zero-order valence-corrected chi connectivity index (χ0v) is 39.5. The van der Waals surface area contributed by atoms with Crippen molar-refractivity contribution in [2.75, 3.05) is 38.4 Å². The molecule has 0 spiro atoms. The van der Waals surface area contributed by atoms with Crippen molar-refractivity contribution >= 4 is 44.8 Å². The fourth-order valence-corrected chi connectivity index (χ4v) is 11.5. The van der Waals surface area contributed by atoms with E-state index in [1.807, 2.05) is 48.7 Å². The van der Waals surface area contributed by atoms with E-state index in [1.165, 1.54) is 54.7 Å². The summed E-state index contributed by atoms with van der Waals surface area (Å²) in [5, 5.41) is 38.8. The second-order valence-electron chi connectivity index (χ2n) is 17.0. The molecule has 2 aliphatic carbocycles. The first-order chi connectivity index (χ1) is 32.3. The van der Waals surface area contributed by atoms with Gasteiger partial charge in [0.25, 0.3) is 5.69 Å². The Labute approximate surface area is 396 Å². The van der Waals surface area contributed by atoms with E-state index in [1.54, 1.807) is 30.0 Å². The van der Waals surface area contributed by atoms with Crippen LogP contribution < -0.4 is 14.8 Å². The predicted molar refractivity (Wildman–Crippen MR) is 257 cm³/mol. The van der Waals surface area contributed by atoms with Gasteiger partial charge in [0.15, 0.2) is 0 Å². The summed E-state index contributed by atoms with van der Waals surface area (Å²) in [4.78, 5) is 29.9. The number of benzene rings is 4. The molecule has 15 nitrogen and oxygen atoms in total. The van der Waals surface area contributed by atoms with Crippen LogP contribution in [0.4, 0.5) is 11.4 Å². The van der Waals surface area contributed by atoms with E-state index in [-0.39, 0.29) is 67.1 Å². The Morgan fingerprint density at radius 1 is 1.00 bits per heavy atom.